The Morgan fingerprint density at radius 2 is 1.91 bits per heavy atom. The van der Waals surface area contributed by atoms with Crippen molar-refractivity contribution in [3.8, 4) is 11.5 Å². The summed E-state index contributed by atoms with van der Waals surface area (Å²) in [6.07, 6.45) is 0. The molecule has 0 N–H and O–H groups in total. The highest BCUT2D eigenvalue weighted by molar-refractivity contribution is 6.07. The van der Waals surface area contributed by atoms with Gasteiger partial charge in [-0.15, -0.1) is 0 Å². The van der Waals surface area contributed by atoms with Gasteiger partial charge in [-0.05, 0) is 36.4 Å². The normalized spacial score (nSPS) is 13.5. The number of halogens is 3. The van der Waals surface area contributed by atoms with Crippen molar-refractivity contribution in [3.63, 3.8) is 0 Å². The van der Waals surface area contributed by atoms with Crippen LogP contribution in [0.25, 0.3) is 0 Å². The monoisotopic (exact) mass is 323 g/mol. The van der Waals surface area contributed by atoms with Crippen LogP contribution in [0, 0.1) is 5.82 Å². The highest BCUT2D eigenvalue weighted by Gasteiger charge is 2.25. The van der Waals surface area contributed by atoms with E-state index in [9.17, 15) is 18.0 Å². The molecule has 4 nitrogen and oxygen atoms in total. The third kappa shape index (κ3) is 3.23. The summed E-state index contributed by atoms with van der Waals surface area (Å²) in [4.78, 5) is 14.0. The van der Waals surface area contributed by atoms with Gasteiger partial charge in [0.05, 0.1) is 12.2 Å². The first-order valence-corrected chi connectivity index (χ1v) is 6.84. The average molecular weight is 323 g/mol. The molecule has 2 aromatic rings. The first kappa shape index (κ1) is 15.2. The highest BCUT2D eigenvalue weighted by Crippen LogP contribution is 2.33. The van der Waals surface area contributed by atoms with Crippen LogP contribution in [0.4, 0.5) is 18.9 Å². The maximum atomic E-state index is 13.2. The van der Waals surface area contributed by atoms with E-state index in [1.165, 1.54) is 47.4 Å². The molecule has 23 heavy (non-hydrogen) atoms. The van der Waals surface area contributed by atoms with Crippen molar-refractivity contribution in [3.05, 3.63) is 53.8 Å². The van der Waals surface area contributed by atoms with E-state index >= 15 is 0 Å². The number of rotatable bonds is 3. The molecule has 0 unspecified atom stereocenters. The molecule has 0 atom stereocenters. The molecule has 7 heteroatoms. The molecule has 1 amide bonds. The number of fused-ring (bicyclic) bond motifs is 1. The summed E-state index contributed by atoms with van der Waals surface area (Å²) in [7, 11) is 0. The van der Waals surface area contributed by atoms with E-state index in [0.29, 0.717) is 23.5 Å². The molecule has 3 rings (SSSR count). The molecule has 120 valence electrons. The van der Waals surface area contributed by atoms with Gasteiger partial charge >= 0.3 is 6.61 Å². The number of anilines is 1. The number of carbonyl (C=O) groups is 1. The summed E-state index contributed by atoms with van der Waals surface area (Å²) in [5.41, 5.74) is 0.777. The van der Waals surface area contributed by atoms with Crippen LogP contribution in [-0.4, -0.2) is 25.7 Å². The Kier molecular flexibility index (Phi) is 4.10. The molecule has 0 radical (unpaired) electrons. The molecule has 1 aliphatic heterocycles. The van der Waals surface area contributed by atoms with E-state index in [2.05, 4.69) is 4.74 Å². The Morgan fingerprint density at radius 1 is 1.17 bits per heavy atom. The summed E-state index contributed by atoms with van der Waals surface area (Å²) < 4.78 is 47.1. The second-order valence-electron chi connectivity index (χ2n) is 4.82. The fraction of sp³-hybridized carbons (Fsp3) is 0.188. The third-order valence-electron chi connectivity index (χ3n) is 3.36. The van der Waals surface area contributed by atoms with Crippen LogP contribution >= 0.6 is 0 Å². The average Bonchev–Trinajstić information content (AvgIpc) is 2.53. The number of alkyl halides is 2. The minimum Gasteiger partial charge on any atom is -0.489 e. The molecule has 0 spiro atoms. The van der Waals surface area contributed by atoms with E-state index in [1.807, 2.05) is 0 Å². The van der Waals surface area contributed by atoms with E-state index < -0.39 is 12.4 Å². The van der Waals surface area contributed by atoms with Gasteiger partial charge in [0.25, 0.3) is 5.91 Å². The van der Waals surface area contributed by atoms with Gasteiger partial charge in [0.15, 0.2) is 0 Å². The first-order chi connectivity index (χ1) is 11.0. The van der Waals surface area contributed by atoms with Crippen LogP contribution in [0.1, 0.15) is 10.4 Å². The SMILES string of the molecule is O=C(c1ccc(OC(F)F)cc1)N1CCOc2cc(F)ccc21. The molecule has 0 bridgehead atoms. The Morgan fingerprint density at radius 3 is 2.61 bits per heavy atom. The van der Waals surface area contributed by atoms with E-state index in [-0.39, 0.29) is 18.3 Å². The fourth-order valence-electron chi connectivity index (χ4n) is 2.34. The van der Waals surface area contributed by atoms with Gasteiger partial charge in [-0.25, -0.2) is 4.39 Å². The number of benzene rings is 2. The van der Waals surface area contributed by atoms with Crippen molar-refractivity contribution in [1.82, 2.24) is 0 Å². The van der Waals surface area contributed by atoms with Crippen LogP contribution in [0.3, 0.4) is 0 Å². The number of ether oxygens (including phenoxy) is 2. The number of carbonyl (C=O) groups excluding carboxylic acids is 1. The minimum atomic E-state index is -2.92. The molecule has 0 aromatic heterocycles. The second kappa shape index (κ2) is 6.20. The molecule has 0 saturated carbocycles. The molecule has 0 saturated heterocycles. The Hall–Kier alpha value is -2.70. The number of hydrogen-bond acceptors (Lipinski definition) is 3. The number of hydrogen-bond donors (Lipinski definition) is 0. The largest absolute Gasteiger partial charge is 0.489 e. The van der Waals surface area contributed by atoms with Crippen molar-refractivity contribution >= 4 is 11.6 Å². The van der Waals surface area contributed by atoms with Gasteiger partial charge in [0, 0.05) is 11.6 Å². The summed E-state index contributed by atoms with van der Waals surface area (Å²) in [5, 5.41) is 0. The fourth-order valence-corrected chi connectivity index (χ4v) is 2.34. The Labute approximate surface area is 130 Å². The minimum absolute atomic E-state index is 0.0269. The summed E-state index contributed by atoms with van der Waals surface area (Å²) in [6, 6.07) is 9.33. The van der Waals surface area contributed by atoms with E-state index in [0.717, 1.165) is 0 Å². The molecular formula is C16H12F3NO3. The van der Waals surface area contributed by atoms with E-state index in [4.69, 9.17) is 4.74 Å². The molecule has 0 fully saturated rings. The quantitative estimate of drug-likeness (QED) is 0.868. The van der Waals surface area contributed by atoms with Crippen molar-refractivity contribution in [2.45, 2.75) is 6.61 Å². The smallest absolute Gasteiger partial charge is 0.387 e. The van der Waals surface area contributed by atoms with Gasteiger partial charge in [-0.1, -0.05) is 0 Å². The topological polar surface area (TPSA) is 38.8 Å². The Balaban J connectivity index is 1.84. The van der Waals surface area contributed by atoms with Crippen LogP contribution in [0.2, 0.25) is 0 Å². The zero-order valence-electron chi connectivity index (χ0n) is 11.8. The highest BCUT2D eigenvalue weighted by atomic mass is 19.3. The molecular weight excluding hydrogens is 311 g/mol. The van der Waals surface area contributed by atoms with Crippen molar-refractivity contribution < 1.29 is 27.4 Å². The second-order valence-corrected chi connectivity index (χ2v) is 4.82. The van der Waals surface area contributed by atoms with E-state index in [1.54, 1.807) is 0 Å². The number of amides is 1. The molecule has 1 heterocycles. The molecule has 2 aromatic carbocycles. The standard InChI is InChI=1S/C16H12F3NO3/c17-11-3-6-13-14(9-11)22-8-7-20(13)15(21)10-1-4-12(5-2-10)23-16(18)19/h1-6,9,16H,7-8H2. The van der Waals surface area contributed by atoms with Crippen LogP contribution in [0.15, 0.2) is 42.5 Å². The van der Waals surface area contributed by atoms with Gasteiger partial charge in [-0.3, -0.25) is 4.79 Å². The maximum Gasteiger partial charge on any atom is 0.387 e. The summed E-state index contributed by atoms with van der Waals surface area (Å²) in [6.45, 7) is -2.36. The Bertz CT molecular complexity index is 719. The summed E-state index contributed by atoms with van der Waals surface area (Å²) in [5.74, 6) is -0.514. The van der Waals surface area contributed by atoms with Crippen LogP contribution in [0.5, 0.6) is 11.5 Å². The van der Waals surface area contributed by atoms with Crippen molar-refractivity contribution in [1.29, 1.82) is 0 Å². The number of nitrogens with zero attached hydrogens (tertiary/aromatic N) is 1. The third-order valence-corrected chi connectivity index (χ3v) is 3.36. The summed E-state index contributed by atoms with van der Waals surface area (Å²) >= 11 is 0. The molecule has 1 aliphatic rings. The van der Waals surface area contributed by atoms with Gasteiger partial charge in [0.1, 0.15) is 23.9 Å². The van der Waals surface area contributed by atoms with Gasteiger partial charge in [-0.2, -0.15) is 8.78 Å². The zero-order chi connectivity index (χ0) is 16.4. The predicted octanol–water partition coefficient (Wildman–Crippen LogP) is 3.47. The maximum absolute atomic E-state index is 13.2. The van der Waals surface area contributed by atoms with Crippen molar-refractivity contribution in [2.24, 2.45) is 0 Å². The van der Waals surface area contributed by atoms with Crippen LogP contribution in [-0.2, 0) is 0 Å². The predicted molar refractivity (Wildman–Crippen MR) is 76.6 cm³/mol. The lowest BCUT2D eigenvalue weighted by atomic mass is 10.1. The van der Waals surface area contributed by atoms with Gasteiger partial charge in [0.2, 0.25) is 0 Å². The lowest BCUT2D eigenvalue weighted by molar-refractivity contribution is -0.0498. The first-order valence-electron chi connectivity index (χ1n) is 6.84. The van der Waals surface area contributed by atoms with Crippen LogP contribution < -0.4 is 14.4 Å². The molecule has 0 aliphatic carbocycles. The lowest BCUT2D eigenvalue weighted by Crippen LogP contribution is -2.38. The van der Waals surface area contributed by atoms with Gasteiger partial charge < -0.3 is 14.4 Å². The lowest BCUT2D eigenvalue weighted by Gasteiger charge is -2.29. The zero-order valence-corrected chi connectivity index (χ0v) is 11.8. The van der Waals surface area contributed by atoms with Crippen molar-refractivity contribution in [2.75, 3.05) is 18.1 Å².